The Morgan fingerprint density at radius 1 is 1.24 bits per heavy atom. The van der Waals surface area contributed by atoms with Gasteiger partial charge in [0.2, 0.25) is 0 Å². The van der Waals surface area contributed by atoms with E-state index in [1.807, 2.05) is 27.7 Å². The second-order valence-electron chi connectivity index (χ2n) is 9.29. The van der Waals surface area contributed by atoms with Crippen molar-refractivity contribution in [2.75, 3.05) is 13.2 Å². The van der Waals surface area contributed by atoms with Gasteiger partial charge in [-0.05, 0) is 33.8 Å². The molecule has 4 aromatic heterocycles. The van der Waals surface area contributed by atoms with Crippen LogP contribution in [0.3, 0.4) is 0 Å². The van der Waals surface area contributed by atoms with Gasteiger partial charge in [-0.1, -0.05) is 0 Å². The number of fused-ring (bicyclic) bond motifs is 1. The van der Waals surface area contributed by atoms with E-state index in [2.05, 4.69) is 15.1 Å². The number of carbonyl (C=O) groups excluding carboxylic acids is 1. The summed E-state index contributed by atoms with van der Waals surface area (Å²) in [7, 11) is 1.41. The van der Waals surface area contributed by atoms with Gasteiger partial charge in [0, 0.05) is 48.0 Å². The van der Waals surface area contributed by atoms with E-state index in [-0.39, 0.29) is 36.6 Å². The third kappa shape index (κ3) is 4.08. The first-order valence-corrected chi connectivity index (χ1v) is 12.6. The molecule has 5 heterocycles. The molecule has 0 bridgehead atoms. The van der Waals surface area contributed by atoms with E-state index in [4.69, 9.17) is 4.84 Å². The summed E-state index contributed by atoms with van der Waals surface area (Å²) in [4.78, 5) is 55.1. The van der Waals surface area contributed by atoms with Crippen molar-refractivity contribution < 1.29 is 14.7 Å². The number of aliphatic hydroxyl groups is 1. The smallest absolute Gasteiger partial charge is 0.332 e. The zero-order chi connectivity index (χ0) is 26.6. The standard InChI is InChI=1S/C24H27N7O5S/c1-12(2)30-22-19(20(33)28(5)24(30)35)18(21(34)29-10-15(32)11-36-29)17(37-22)9-16-13(3)27-31(14(16)4)23-25-7-6-8-26-23/h6-8,12,15,32H,9-11H2,1-5H3/t15-/m0/s1. The average molecular weight is 526 g/mol. The number of aliphatic hydroxyl groups excluding tert-OH is 1. The quantitative estimate of drug-likeness (QED) is 0.411. The Morgan fingerprint density at radius 2 is 1.95 bits per heavy atom. The van der Waals surface area contributed by atoms with Crippen LogP contribution >= 0.6 is 11.3 Å². The Labute approximate surface area is 215 Å². The summed E-state index contributed by atoms with van der Waals surface area (Å²) in [6, 6.07) is 1.47. The molecule has 37 heavy (non-hydrogen) atoms. The number of β-amino-alcohol motifs (C(OH)–C–C–N with tert-alkyl or cyclic N) is 1. The van der Waals surface area contributed by atoms with Crippen LogP contribution in [0.2, 0.25) is 0 Å². The first-order valence-electron chi connectivity index (χ1n) is 11.8. The monoisotopic (exact) mass is 525 g/mol. The minimum absolute atomic E-state index is 0.0128. The SMILES string of the molecule is Cc1nn(-c2ncccn2)c(C)c1Cc1sc2c(c1C(=O)N1C[C@H](O)CO1)c(=O)n(C)c(=O)n2C(C)C. The third-order valence-corrected chi connectivity index (χ3v) is 7.66. The molecule has 0 radical (unpaired) electrons. The van der Waals surface area contributed by atoms with E-state index in [1.54, 1.807) is 23.1 Å². The number of carbonyl (C=O) groups is 1. The molecule has 5 rings (SSSR count). The Balaban J connectivity index is 1.74. The van der Waals surface area contributed by atoms with E-state index < -0.39 is 23.3 Å². The van der Waals surface area contributed by atoms with E-state index >= 15 is 0 Å². The number of nitrogens with zero attached hydrogens (tertiary/aromatic N) is 7. The largest absolute Gasteiger partial charge is 0.389 e. The van der Waals surface area contributed by atoms with Crippen molar-refractivity contribution in [3.63, 3.8) is 0 Å². The number of amides is 1. The molecule has 4 aromatic rings. The van der Waals surface area contributed by atoms with Gasteiger partial charge in [0.05, 0.1) is 23.2 Å². The summed E-state index contributed by atoms with van der Waals surface area (Å²) < 4.78 is 4.20. The Bertz CT molecular complexity index is 1630. The van der Waals surface area contributed by atoms with Gasteiger partial charge in [-0.25, -0.2) is 24.5 Å². The van der Waals surface area contributed by atoms with Crippen LogP contribution in [-0.4, -0.2) is 64.2 Å². The first-order chi connectivity index (χ1) is 17.6. The molecule has 13 heteroatoms. The number of aryl methyl sites for hydroxylation is 1. The van der Waals surface area contributed by atoms with Crippen LogP contribution in [0.5, 0.6) is 0 Å². The predicted octanol–water partition coefficient (Wildman–Crippen LogP) is 1.27. The number of hydrogen-bond acceptors (Lipinski definition) is 9. The Kier molecular flexibility index (Phi) is 6.30. The molecular formula is C24H27N7O5S. The van der Waals surface area contributed by atoms with Gasteiger partial charge < -0.3 is 5.11 Å². The summed E-state index contributed by atoms with van der Waals surface area (Å²) in [6.45, 7) is 7.43. The minimum Gasteiger partial charge on any atom is -0.389 e. The maximum Gasteiger partial charge on any atom is 0.332 e. The summed E-state index contributed by atoms with van der Waals surface area (Å²) >= 11 is 1.24. The molecule has 0 saturated carbocycles. The highest BCUT2D eigenvalue weighted by molar-refractivity contribution is 7.19. The van der Waals surface area contributed by atoms with Crippen LogP contribution < -0.4 is 11.2 Å². The van der Waals surface area contributed by atoms with Gasteiger partial charge in [-0.15, -0.1) is 11.3 Å². The Morgan fingerprint density at radius 3 is 2.57 bits per heavy atom. The fraction of sp³-hybridized carbons (Fsp3) is 0.417. The van der Waals surface area contributed by atoms with Gasteiger partial charge in [0.25, 0.3) is 17.4 Å². The van der Waals surface area contributed by atoms with Crippen molar-refractivity contribution in [1.29, 1.82) is 0 Å². The molecule has 1 atom stereocenters. The third-order valence-electron chi connectivity index (χ3n) is 6.47. The molecule has 1 fully saturated rings. The molecule has 1 saturated heterocycles. The van der Waals surface area contributed by atoms with Crippen LogP contribution in [0.1, 0.15) is 52.1 Å². The normalized spacial score (nSPS) is 15.9. The topological polar surface area (TPSA) is 137 Å². The van der Waals surface area contributed by atoms with Gasteiger partial charge in [-0.2, -0.15) is 5.10 Å². The molecule has 0 unspecified atom stereocenters. The number of hydrogen-bond donors (Lipinski definition) is 1. The number of rotatable bonds is 5. The summed E-state index contributed by atoms with van der Waals surface area (Å²) in [6.07, 6.45) is 2.73. The van der Waals surface area contributed by atoms with Gasteiger partial charge in [0.15, 0.2) is 0 Å². The van der Waals surface area contributed by atoms with Crippen LogP contribution in [0, 0.1) is 13.8 Å². The number of thiophene rings is 1. The second-order valence-corrected chi connectivity index (χ2v) is 10.4. The lowest BCUT2D eigenvalue weighted by molar-refractivity contribution is -0.0778. The van der Waals surface area contributed by atoms with Gasteiger partial charge >= 0.3 is 5.69 Å². The Hall–Kier alpha value is -3.68. The summed E-state index contributed by atoms with van der Waals surface area (Å²) in [5.41, 5.74) is 1.54. The fourth-order valence-corrected chi connectivity index (χ4v) is 5.99. The van der Waals surface area contributed by atoms with Crippen molar-refractivity contribution in [2.45, 2.75) is 46.3 Å². The van der Waals surface area contributed by atoms with Crippen LogP contribution in [0.25, 0.3) is 16.2 Å². The zero-order valence-corrected chi connectivity index (χ0v) is 21.9. The molecule has 0 aromatic carbocycles. The zero-order valence-electron chi connectivity index (χ0n) is 21.1. The highest BCUT2D eigenvalue weighted by Gasteiger charge is 2.34. The van der Waals surface area contributed by atoms with E-state index in [9.17, 15) is 19.5 Å². The van der Waals surface area contributed by atoms with Gasteiger partial charge in [-0.3, -0.25) is 23.6 Å². The van der Waals surface area contributed by atoms with Crippen molar-refractivity contribution in [2.24, 2.45) is 7.05 Å². The maximum absolute atomic E-state index is 13.7. The molecule has 1 N–H and O–H groups in total. The van der Waals surface area contributed by atoms with Gasteiger partial charge in [0.1, 0.15) is 17.5 Å². The first kappa shape index (κ1) is 25.0. The average Bonchev–Trinajstić information content (AvgIpc) is 3.54. The van der Waals surface area contributed by atoms with Crippen molar-refractivity contribution >= 4 is 27.5 Å². The molecular weight excluding hydrogens is 498 g/mol. The van der Waals surface area contributed by atoms with Crippen LogP contribution in [-0.2, 0) is 18.3 Å². The van der Waals surface area contributed by atoms with Crippen molar-refractivity contribution in [3.05, 3.63) is 66.7 Å². The van der Waals surface area contributed by atoms with Crippen molar-refractivity contribution in [3.8, 4) is 5.95 Å². The lowest BCUT2D eigenvalue weighted by atomic mass is 10.0. The highest BCUT2D eigenvalue weighted by Crippen LogP contribution is 2.34. The van der Waals surface area contributed by atoms with E-state index in [0.717, 1.165) is 26.6 Å². The van der Waals surface area contributed by atoms with E-state index in [0.29, 0.717) is 15.7 Å². The van der Waals surface area contributed by atoms with Crippen LogP contribution in [0.15, 0.2) is 28.0 Å². The molecule has 0 aliphatic carbocycles. The number of hydroxylamine groups is 2. The lowest BCUT2D eigenvalue weighted by Gasteiger charge is -2.15. The molecule has 0 spiro atoms. The second kappa shape index (κ2) is 9.32. The molecule has 1 aliphatic rings. The fourth-order valence-electron chi connectivity index (χ4n) is 4.57. The maximum atomic E-state index is 13.7. The molecule has 1 amide bonds. The van der Waals surface area contributed by atoms with Crippen molar-refractivity contribution in [1.82, 2.24) is 33.9 Å². The van der Waals surface area contributed by atoms with Crippen LogP contribution in [0.4, 0.5) is 0 Å². The highest BCUT2D eigenvalue weighted by atomic mass is 32.1. The molecule has 1 aliphatic heterocycles. The molecule has 12 nitrogen and oxygen atoms in total. The van der Waals surface area contributed by atoms with E-state index in [1.165, 1.54) is 23.0 Å². The minimum atomic E-state index is -0.817. The number of aromatic nitrogens is 6. The molecule has 194 valence electrons. The summed E-state index contributed by atoms with van der Waals surface area (Å²) in [5, 5.41) is 15.8. The lowest BCUT2D eigenvalue weighted by Crippen LogP contribution is -2.39. The predicted molar refractivity (Wildman–Crippen MR) is 136 cm³/mol. The summed E-state index contributed by atoms with van der Waals surface area (Å²) in [5.74, 6) is -0.109.